The molecule has 0 aromatic heterocycles. The molecule has 0 aromatic rings. The third-order valence-corrected chi connectivity index (χ3v) is 3.36. The quantitative estimate of drug-likeness (QED) is 0.575. The van der Waals surface area contributed by atoms with Crippen molar-refractivity contribution in [3.63, 3.8) is 0 Å². The highest BCUT2D eigenvalue weighted by Crippen LogP contribution is 2.53. The fourth-order valence-electron chi connectivity index (χ4n) is 2.51. The van der Waals surface area contributed by atoms with E-state index in [1.165, 1.54) is 32.1 Å². The lowest BCUT2D eigenvalue weighted by atomic mass is 9.86. The normalized spacial score (nSPS) is 22.8. The average Bonchev–Trinajstić information content (AvgIpc) is 2.67. The first-order chi connectivity index (χ1) is 5.58. The van der Waals surface area contributed by atoms with Crippen molar-refractivity contribution in [2.24, 2.45) is 17.3 Å². The summed E-state index contributed by atoms with van der Waals surface area (Å²) in [5, 5.41) is 0. The standard InChI is InChI=1S/C12H24/c1-5-12(6-7-12)9-11(4)8-10(2)3/h10-11H,5-9H2,1-4H3. The maximum atomic E-state index is 2.43. The van der Waals surface area contributed by atoms with Gasteiger partial charge in [-0.1, -0.05) is 34.1 Å². The third-order valence-electron chi connectivity index (χ3n) is 3.36. The van der Waals surface area contributed by atoms with Crippen LogP contribution in [0, 0.1) is 17.3 Å². The smallest absolute Gasteiger partial charge is 0.0297 e. The minimum Gasteiger partial charge on any atom is -0.0649 e. The van der Waals surface area contributed by atoms with Gasteiger partial charge in [-0.05, 0) is 42.9 Å². The molecule has 12 heavy (non-hydrogen) atoms. The molecule has 1 atom stereocenters. The van der Waals surface area contributed by atoms with Crippen LogP contribution in [0.5, 0.6) is 0 Å². The van der Waals surface area contributed by atoms with Crippen molar-refractivity contribution in [2.45, 2.75) is 59.8 Å². The van der Waals surface area contributed by atoms with Gasteiger partial charge in [0.1, 0.15) is 0 Å². The Kier molecular flexibility index (Phi) is 3.20. The van der Waals surface area contributed by atoms with Gasteiger partial charge in [0.25, 0.3) is 0 Å². The Morgan fingerprint density at radius 2 is 1.75 bits per heavy atom. The largest absolute Gasteiger partial charge is 0.0649 e. The zero-order valence-corrected chi connectivity index (χ0v) is 9.19. The predicted octanol–water partition coefficient (Wildman–Crippen LogP) is 4.25. The second-order valence-electron chi connectivity index (χ2n) is 5.29. The summed E-state index contributed by atoms with van der Waals surface area (Å²) in [5.41, 5.74) is 0.800. The van der Waals surface area contributed by atoms with Gasteiger partial charge in [0, 0.05) is 0 Å². The molecule has 0 heterocycles. The summed E-state index contributed by atoms with van der Waals surface area (Å²) in [6.07, 6.45) is 7.33. The molecule has 1 aliphatic rings. The molecule has 0 nitrogen and oxygen atoms in total. The van der Waals surface area contributed by atoms with E-state index in [1.807, 2.05) is 0 Å². The molecule has 72 valence electrons. The molecule has 0 N–H and O–H groups in total. The van der Waals surface area contributed by atoms with E-state index in [4.69, 9.17) is 0 Å². The van der Waals surface area contributed by atoms with Crippen LogP contribution in [-0.2, 0) is 0 Å². The maximum Gasteiger partial charge on any atom is -0.0297 e. The molecule has 0 radical (unpaired) electrons. The highest BCUT2D eigenvalue weighted by Gasteiger charge is 2.41. The molecule has 0 aromatic carbocycles. The van der Waals surface area contributed by atoms with Gasteiger partial charge in [0.15, 0.2) is 0 Å². The van der Waals surface area contributed by atoms with Gasteiger partial charge in [-0.15, -0.1) is 0 Å². The Bertz CT molecular complexity index is 131. The molecule has 0 aliphatic heterocycles. The van der Waals surface area contributed by atoms with E-state index in [0.717, 1.165) is 17.3 Å². The number of rotatable bonds is 5. The summed E-state index contributed by atoms with van der Waals surface area (Å²) in [7, 11) is 0. The Balaban J connectivity index is 2.21. The first kappa shape index (κ1) is 10.1. The monoisotopic (exact) mass is 168 g/mol. The summed E-state index contributed by atoms with van der Waals surface area (Å²) in [6, 6.07) is 0. The molecule has 0 spiro atoms. The van der Waals surface area contributed by atoms with Gasteiger partial charge in [-0.3, -0.25) is 0 Å². The Labute approximate surface area is 77.7 Å². The van der Waals surface area contributed by atoms with E-state index in [1.54, 1.807) is 0 Å². The lowest BCUT2D eigenvalue weighted by molar-refractivity contribution is 0.318. The molecule has 1 saturated carbocycles. The fraction of sp³-hybridized carbons (Fsp3) is 1.00. The van der Waals surface area contributed by atoms with Crippen LogP contribution in [0.2, 0.25) is 0 Å². The number of hydrogen-bond donors (Lipinski definition) is 0. The molecule has 1 fully saturated rings. The first-order valence-electron chi connectivity index (χ1n) is 5.58. The summed E-state index contributed by atoms with van der Waals surface area (Å²) in [6.45, 7) is 9.45. The van der Waals surface area contributed by atoms with E-state index in [-0.39, 0.29) is 0 Å². The first-order valence-corrected chi connectivity index (χ1v) is 5.58. The molecule has 0 heteroatoms. The second kappa shape index (κ2) is 3.81. The molecule has 0 saturated heterocycles. The Morgan fingerprint density at radius 3 is 2.08 bits per heavy atom. The van der Waals surface area contributed by atoms with Gasteiger partial charge >= 0.3 is 0 Å². The summed E-state index contributed by atoms with van der Waals surface area (Å²) < 4.78 is 0. The van der Waals surface area contributed by atoms with Gasteiger partial charge in [0.2, 0.25) is 0 Å². The molecule has 0 amide bonds. The molecule has 1 aliphatic carbocycles. The second-order valence-corrected chi connectivity index (χ2v) is 5.29. The van der Waals surface area contributed by atoms with Crippen molar-refractivity contribution in [2.75, 3.05) is 0 Å². The lowest BCUT2D eigenvalue weighted by Gasteiger charge is -2.19. The summed E-state index contributed by atoms with van der Waals surface area (Å²) in [4.78, 5) is 0. The SMILES string of the molecule is CCC1(CC(C)CC(C)C)CC1. The van der Waals surface area contributed by atoms with Crippen LogP contribution < -0.4 is 0 Å². The topological polar surface area (TPSA) is 0 Å². The molecule has 1 rings (SSSR count). The van der Waals surface area contributed by atoms with E-state index >= 15 is 0 Å². The minimum atomic E-state index is 0.800. The number of hydrogen-bond acceptors (Lipinski definition) is 0. The van der Waals surface area contributed by atoms with E-state index < -0.39 is 0 Å². The van der Waals surface area contributed by atoms with Crippen molar-refractivity contribution in [3.8, 4) is 0 Å². The maximum absolute atomic E-state index is 2.43. The van der Waals surface area contributed by atoms with Crippen molar-refractivity contribution in [3.05, 3.63) is 0 Å². The summed E-state index contributed by atoms with van der Waals surface area (Å²) >= 11 is 0. The molecular formula is C12H24. The van der Waals surface area contributed by atoms with E-state index in [9.17, 15) is 0 Å². The third kappa shape index (κ3) is 2.80. The Hall–Kier alpha value is 0. The van der Waals surface area contributed by atoms with E-state index in [0.29, 0.717) is 0 Å². The van der Waals surface area contributed by atoms with Crippen LogP contribution in [0.15, 0.2) is 0 Å². The average molecular weight is 168 g/mol. The fourth-order valence-corrected chi connectivity index (χ4v) is 2.51. The van der Waals surface area contributed by atoms with Crippen LogP contribution in [0.3, 0.4) is 0 Å². The van der Waals surface area contributed by atoms with Crippen molar-refractivity contribution >= 4 is 0 Å². The van der Waals surface area contributed by atoms with Crippen LogP contribution in [0.4, 0.5) is 0 Å². The van der Waals surface area contributed by atoms with E-state index in [2.05, 4.69) is 27.7 Å². The minimum absolute atomic E-state index is 0.800. The van der Waals surface area contributed by atoms with Gasteiger partial charge < -0.3 is 0 Å². The van der Waals surface area contributed by atoms with Crippen LogP contribution in [0.1, 0.15) is 59.8 Å². The zero-order chi connectivity index (χ0) is 9.19. The van der Waals surface area contributed by atoms with Crippen LogP contribution in [0.25, 0.3) is 0 Å². The van der Waals surface area contributed by atoms with Gasteiger partial charge in [-0.2, -0.15) is 0 Å². The van der Waals surface area contributed by atoms with Crippen molar-refractivity contribution in [1.29, 1.82) is 0 Å². The molecule has 0 bridgehead atoms. The molecule has 1 unspecified atom stereocenters. The van der Waals surface area contributed by atoms with Gasteiger partial charge in [0.05, 0.1) is 0 Å². The zero-order valence-electron chi connectivity index (χ0n) is 9.19. The summed E-state index contributed by atoms with van der Waals surface area (Å²) in [5.74, 6) is 1.83. The Morgan fingerprint density at radius 1 is 1.17 bits per heavy atom. The lowest BCUT2D eigenvalue weighted by Crippen LogP contribution is -2.08. The van der Waals surface area contributed by atoms with Crippen molar-refractivity contribution < 1.29 is 0 Å². The van der Waals surface area contributed by atoms with Crippen LogP contribution >= 0.6 is 0 Å². The van der Waals surface area contributed by atoms with Gasteiger partial charge in [-0.25, -0.2) is 0 Å². The van der Waals surface area contributed by atoms with Crippen LogP contribution in [-0.4, -0.2) is 0 Å². The highest BCUT2D eigenvalue weighted by molar-refractivity contribution is 4.92. The molecular weight excluding hydrogens is 144 g/mol. The highest BCUT2D eigenvalue weighted by atomic mass is 14.5. The van der Waals surface area contributed by atoms with Crippen molar-refractivity contribution in [1.82, 2.24) is 0 Å². The predicted molar refractivity (Wildman–Crippen MR) is 55.2 cm³/mol.